The van der Waals surface area contributed by atoms with E-state index >= 15 is 0 Å². The van der Waals surface area contributed by atoms with Gasteiger partial charge in [-0.2, -0.15) is 5.26 Å². The molecule has 0 bridgehead atoms. The number of nitrogens with two attached hydrogens (primary N) is 1. The highest BCUT2D eigenvalue weighted by molar-refractivity contribution is 7.17. The Labute approximate surface area is 119 Å². The van der Waals surface area contributed by atoms with Gasteiger partial charge in [0, 0.05) is 18.7 Å². The van der Waals surface area contributed by atoms with E-state index < -0.39 is 0 Å². The maximum atomic E-state index is 9.22. The monoisotopic (exact) mass is 275 g/mol. The summed E-state index contributed by atoms with van der Waals surface area (Å²) in [5, 5.41) is 10.5. The van der Waals surface area contributed by atoms with Crippen LogP contribution < -0.4 is 10.6 Å². The van der Waals surface area contributed by atoms with Crippen LogP contribution in [-0.4, -0.2) is 13.1 Å². The molecule has 2 heterocycles. The molecule has 1 saturated heterocycles. The first-order valence-electron chi connectivity index (χ1n) is 7.31. The van der Waals surface area contributed by atoms with E-state index in [1.165, 1.54) is 42.7 Å². The number of nitrogens with zero attached hydrogens (tertiary/aromatic N) is 2. The van der Waals surface area contributed by atoms with Gasteiger partial charge in [0.2, 0.25) is 0 Å². The molecule has 0 spiro atoms. The minimum Gasteiger partial charge on any atom is -0.397 e. The van der Waals surface area contributed by atoms with Crippen molar-refractivity contribution in [2.45, 2.75) is 44.9 Å². The lowest BCUT2D eigenvalue weighted by molar-refractivity contribution is 0.405. The Hall–Kier alpha value is -1.21. The Morgan fingerprint density at radius 3 is 2.84 bits per heavy atom. The van der Waals surface area contributed by atoms with Crippen LogP contribution in [0.4, 0.5) is 10.7 Å². The zero-order valence-electron chi connectivity index (χ0n) is 11.5. The lowest BCUT2D eigenvalue weighted by Gasteiger charge is -2.33. The molecular weight excluding hydrogens is 254 g/mol. The van der Waals surface area contributed by atoms with Gasteiger partial charge in [-0.3, -0.25) is 0 Å². The molecule has 1 unspecified atom stereocenters. The Bertz CT molecular complexity index is 510. The second-order valence-corrected chi connectivity index (χ2v) is 6.81. The molecule has 1 aromatic rings. The number of rotatable bonds is 3. The Balaban J connectivity index is 1.93. The predicted molar refractivity (Wildman–Crippen MR) is 80.6 cm³/mol. The Morgan fingerprint density at radius 1 is 1.42 bits per heavy atom. The van der Waals surface area contributed by atoms with Gasteiger partial charge in [-0.05, 0) is 37.5 Å². The maximum Gasteiger partial charge on any atom is 0.130 e. The van der Waals surface area contributed by atoms with Crippen LogP contribution in [0.5, 0.6) is 0 Å². The van der Waals surface area contributed by atoms with Crippen molar-refractivity contribution in [3.8, 4) is 6.07 Å². The molecule has 1 atom stereocenters. The number of piperidine rings is 1. The predicted octanol–water partition coefficient (Wildman–Crippen LogP) is 3.71. The van der Waals surface area contributed by atoms with Crippen molar-refractivity contribution < 1.29 is 0 Å². The number of nitriles is 1. The van der Waals surface area contributed by atoms with Crippen molar-refractivity contribution in [3.05, 3.63) is 10.4 Å². The van der Waals surface area contributed by atoms with Crippen LogP contribution in [0.2, 0.25) is 0 Å². The van der Waals surface area contributed by atoms with Gasteiger partial charge in [0.1, 0.15) is 10.9 Å². The quantitative estimate of drug-likeness (QED) is 0.915. The Morgan fingerprint density at radius 2 is 2.21 bits per heavy atom. The van der Waals surface area contributed by atoms with Gasteiger partial charge in [-0.25, -0.2) is 0 Å². The lowest BCUT2D eigenvalue weighted by Crippen LogP contribution is -2.35. The number of anilines is 2. The second kappa shape index (κ2) is 5.05. The first-order valence-corrected chi connectivity index (χ1v) is 8.13. The summed E-state index contributed by atoms with van der Waals surface area (Å²) < 4.78 is 0. The van der Waals surface area contributed by atoms with E-state index in [-0.39, 0.29) is 0 Å². The van der Waals surface area contributed by atoms with Crippen LogP contribution in [0.15, 0.2) is 0 Å². The van der Waals surface area contributed by atoms with Crippen molar-refractivity contribution in [1.29, 1.82) is 5.26 Å². The normalized spacial score (nSPS) is 23.4. The molecule has 1 aromatic heterocycles. The average molecular weight is 275 g/mol. The minimum absolute atomic E-state index is 0.621. The van der Waals surface area contributed by atoms with Crippen LogP contribution in [0.25, 0.3) is 0 Å². The summed E-state index contributed by atoms with van der Waals surface area (Å²) in [5.41, 5.74) is 8.25. The van der Waals surface area contributed by atoms with Crippen LogP contribution in [0.3, 0.4) is 0 Å². The first-order chi connectivity index (χ1) is 9.24. The van der Waals surface area contributed by atoms with E-state index in [4.69, 9.17) is 5.73 Å². The summed E-state index contributed by atoms with van der Waals surface area (Å²) >= 11 is 1.61. The molecule has 3 nitrogen and oxygen atoms in total. The third-order valence-corrected chi connectivity index (χ3v) is 5.62. The van der Waals surface area contributed by atoms with Gasteiger partial charge in [0.15, 0.2) is 0 Å². The summed E-state index contributed by atoms with van der Waals surface area (Å²) in [6, 6.07) is 2.27. The van der Waals surface area contributed by atoms with Crippen molar-refractivity contribution in [2.24, 2.45) is 5.92 Å². The SMILES string of the molecule is CCC1CCCN(c2sc(C#N)c(N)c2C2CC2)C1. The van der Waals surface area contributed by atoms with Gasteiger partial charge in [0.05, 0.1) is 10.7 Å². The van der Waals surface area contributed by atoms with Crippen LogP contribution in [0, 0.1) is 17.2 Å². The van der Waals surface area contributed by atoms with Crippen molar-refractivity contribution in [1.82, 2.24) is 0 Å². The Kier molecular flexibility index (Phi) is 3.40. The maximum absolute atomic E-state index is 9.22. The summed E-state index contributed by atoms with van der Waals surface area (Å²) in [7, 11) is 0. The van der Waals surface area contributed by atoms with Crippen LogP contribution in [-0.2, 0) is 0 Å². The standard InChI is InChI=1S/C15H21N3S/c1-2-10-4-3-7-18(9-10)15-13(11-5-6-11)14(17)12(8-16)19-15/h10-11H,2-7,9,17H2,1H3. The number of thiophene rings is 1. The summed E-state index contributed by atoms with van der Waals surface area (Å²) in [6.45, 7) is 4.54. The third kappa shape index (κ3) is 2.32. The van der Waals surface area contributed by atoms with Gasteiger partial charge >= 0.3 is 0 Å². The molecule has 102 valence electrons. The topological polar surface area (TPSA) is 53.0 Å². The highest BCUT2D eigenvalue weighted by Gasteiger charge is 2.34. The van der Waals surface area contributed by atoms with E-state index in [1.807, 2.05) is 0 Å². The van der Waals surface area contributed by atoms with Gasteiger partial charge < -0.3 is 10.6 Å². The molecule has 2 N–H and O–H groups in total. The third-order valence-electron chi connectivity index (χ3n) is 4.43. The largest absolute Gasteiger partial charge is 0.397 e. The molecular formula is C15H21N3S. The number of hydrogen-bond donors (Lipinski definition) is 1. The fourth-order valence-electron chi connectivity index (χ4n) is 3.11. The number of nitrogen functional groups attached to an aromatic ring is 1. The molecule has 2 fully saturated rings. The lowest BCUT2D eigenvalue weighted by atomic mass is 9.95. The van der Waals surface area contributed by atoms with E-state index in [2.05, 4.69) is 17.9 Å². The van der Waals surface area contributed by atoms with E-state index in [1.54, 1.807) is 11.3 Å². The first kappa shape index (κ1) is 12.8. The zero-order valence-corrected chi connectivity index (χ0v) is 12.3. The fourth-order valence-corrected chi connectivity index (χ4v) is 4.25. The van der Waals surface area contributed by atoms with Gasteiger partial charge in [-0.15, -0.1) is 11.3 Å². The van der Waals surface area contributed by atoms with Crippen molar-refractivity contribution >= 4 is 22.0 Å². The molecule has 1 aliphatic heterocycles. The van der Waals surface area contributed by atoms with E-state index in [0.29, 0.717) is 5.92 Å². The van der Waals surface area contributed by atoms with Gasteiger partial charge in [-0.1, -0.05) is 13.3 Å². The average Bonchev–Trinajstić information content (AvgIpc) is 3.22. The minimum atomic E-state index is 0.621. The van der Waals surface area contributed by atoms with Crippen molar-refractivity contribution in [2.75, 3.05) is 23.7 Å². The summed E-state index contributed by atoms with van der Waals surface area (Å²) in [6.07, 6.45) is 6.34. The molecule has 0 radical (unpaired) electrons. The molecule has 1 saturated carbocycles. The van der Waals surface area contributed by atoms with Gasteiger partial charge in [0.25, 0.3) is 0 Å². The van der Waals surface area contributed by atoms with Crippen molar-refractivity contribution in [3.63, 3.8) is 0 Å². The molecule has 3 rings (SSSR count). The second-order valence-electron chi connectivity index (χ2n) is 5.81. The molecule has 0 amide bonds. The van der Waals surface area contributed by atoms with E-state index in [0.717, 1.165) is 29.6 Å². The van der Waals surface area contributed by atoms with Crippen LogP contribution >= 0.6 is 11.3 Å². The highest BCUT2D eigenvalue weighted by Crippen LogP contribution is 2.52. The zero-order chi connectivity index (χ0) is 13.4. The molecule has 0 aromatic carbocycles. The summed E-state index contributed by atoms with van der Waals surface area (Å²) in [4.78, 5) is 3.21. The summed E-state index contributed by atoms with van der Waals surface area (Å²) in [5.74, 6) is 1.42. The molecule has 2 aliphatic rings. The molecule has 1 aliphatic carbocycles. The van der Waals surface area contributed by atoms with Crippen LogP contribution in [0.1, 0.15) is 55.4 Å². The molecule has 19 heavy (non-hydrogen) atoms. The fraction of sp³-hybridized carbons (Fsp3) is 0.667. The molecule has 4 heteroatoms. The number of hydrogen-bond acceptors (Lipinski definition) is 4. The smallest absolute Gasteiger partial charge is 0.130 e. The van der Waals surface area contributed by atoms with E-state index in [9.17, 15) is 5.26 Å². The highest BCUT2D eigenvalue weighted by atomic mass is 32.1.